The molecule has 1 unspecified atom stereocenters. The Morgan fingerprint density at radius 2 is 2.16 bits per heavy atom. The zero-order chi connectivity index (χ0) is 18.6. The van der Waals surface area contributed by atoms with E-state index in [1.165, 1.54) is 8.61 Å². The molecule has 0 bridgehead atoms. The highest BCUT2D eigenvalue weighted by atomic mass is 32.2. The summed E-state index contributed by atoms with van der Waals surface area (Å²) in [5.74, 6) is -1.55. The first kappa shape index (κ1) is 20.2. The Hall–Kier alpha value is -1.09. The number of hydrogen-bond donors (Lipinski definition) is 1. The molecule has 25 heavy (non-hydrogen) atoms. The molecule has 1 N–H and O–H groups in total. The predicted octanol–water partition coefficient (Wildman–Crippen LogP) is 2.66. The average Bonchev–Trinajstić information content (AvgIpc) is 2.59. The molecule has 8 heteroatoms. The largest absolute Gasteiger partial charge is 0.481 e. The van der Waals surface area contributed by atoms with Gasteiger partial charge in [-0.2, -0.15) is 17.0 Å². The molecule has 1 aliphatic heterocycles. The van der Waals surface area contributed by atoms with Crippen LogP contribution in [0.4, 0.5) is 0 Å². The number of carboxylic acid groups (broad SMARTS) is 1. The van der Waals surface area contributed by atoms with Crippen molar-refractivity contribution >= 4 is 27.9 Å². The molecule has 0 radical (unpaired) electrons. The fraction of sp³-hybridized carbons (Fsp3) is 0.588. The topological polar surface area (TPSA) is 77.9 Å². The molecule has 140 valence electrons. The van der Waals surface area contributed by atoms with Crippen molar-refractivity contribution in [2.75, 3.05) is 19.3 Å². The van der Waals surface area contributed by atoms with Gasteiger partial charge in [-0.15, -0.1) is 11.8 Å². The van der Waals surface area contributed by atoms with Crippen LogP contribution in [0.2, 0.25) is 0 Å². The lowest BCUT2D eigenvalue weighted by Crippen LogP contribution is -2.50. The van der Waals surface area contributed by atoms with Crippen molar-refractivity contribution in [2.45, 2.75) is 44.2 Å². The third-order valence-corrected chi connectivity index (χ3v) is 7.26. The molecule has 1 aliphatic rings. The van der Waals surface area contributed by atoms with E-state index < -0.39 is 22.1 Å². The van der Waals surface area contributed by atoms with Gasteiger partial charge < -0.3 is 5.11 Å². The third kappa shape index (κ3) is 4.97. The summed E-state index contributed by atoms with van der Waals surface area (Å²) in [7, 11) is -3.71. The molecule has 1 aromatic carbocycles. The molecule has 0 amide bonds. The smallest absolute Gasteiger partial charge is 0.307 e. The van der Waals surface area contributed by atoms with Crippen LogP contribution < -0.4 is 0 Å². The Labute approximate surface area is 154 Å². The van der Waals surface area contributed by atoms with Gasteiger partial charge in [-0.3, -0.25) is 4.79 Å². The summed E-state index contributed by atoms with van der Waals surface area (Å²) < 4.78 is 29.0. The Morgan fingerprint density at radius 3 is 2.76 bits per heavy atom. The number of benzene rings is 1. The molecule has 0 aromatic heterocycles. The van der Waals surface area contributed by atoms with Crippen LogP contribution in [0.5, 0.6) is 0 Å². The molecule has 0 saturated carbocycles. The summed E-state index contributed by atoms with van der Waals surface area (Å²) in [5, 5.41) is 9.23. The van der Waals surface area contributed by atoms with Crippen molar-refractivity contribution in [3.63, 3.8) is 0 Å². The monoisotopic (exact) mass is 386 g/mol. The van der Waals surface area contributed by atoms with Crippen LogP contribution in [-0.2, 0) is 21.5 Å². The van der Waals surface area contributed by atoms with Crippen LogP contribution in [0.15, 0.2) is 29.2 Å². The Balaban J connectivity index is 2.23. The highest BCUT2D eigenvalue weighted by Crippen LogP contribution is 2.25. The lowest BCUT2D eigenvalue weighted by Gasteiger charge is -2.36. The van der Waals surface area contributed by atoms with E-state index in [4.69, 9.17) is 0 Å². The van der Waals surface area contributed by atoms with E-state index >= 15 is 0 Å². The molecule has 1 saturated heterocycles. The number of aliphatic carboxylic acids is 1. The quantitative estimate of drug-likeness (QED) is 0.729. The van der Waals surface area contributed by atoms with Gasteiger partial charge in [0.05, 0.1) is 5.92 Å². The van der Waals surface area contributed by atoms with Gasteiger partial charge in [0.1, 0.15) is 0 Å². The first-order valence-corrected chi connectivity index (χ1v) is 11.0. The van der Waals surface area contributed by atoms with E-state index in [0.29, 0.717) is 19.4 Å². The van der Waals surface area contributed by atoms with Crippen molar-refractivity contribution in [1.29, 1.82) is 0 Å². The molecular weight excluding hydrogens is 360 g/mol. The number of piperidine rings is 1. The van der Waals surface area contributed by atoms with Gasteiger partial charge in [-0.05, 0) is 50.6 Å². The lowest BCUT2D eigenvalue weighted by molar-refractivity contribution is -0.142. The molecule has 1 fully saturated rings. The van der Waals surface area contributed by atoms with Crippen LogP contribution >= 0.6 is 11.8 Å². The molecule has 1 atom stereocenters. The molecule has 0 aliphatic carbocycles. The van der Waals surface area contributed by atoms with E-state index in [1.54, 1.807) is 11.8 Å². The van der Waals surface area contributed by atoms with Crippen molar-refractivity contribution < 1.29 is 18.3 Å². The van der Waals surface area contributed by atoms with Gasteiger partial charge in [0, 0.05) is 30.6 Å². The van der Waals surface area contributed by atoms with Crippen molar-refractivity contribution in [2.24, 2.45) is 5.92 Å². The summed E-state index contributed by atoms with van der Waals surface area (Å²) in [4.78, 5) is 12.3. The molecular formula is C17H26N2O4S2. The molecule has 6 nitrogen and oxygen atoms in total. The number of carbonyl (C=O) groups is 1. The molecule has 0 spiro atoms. The zero-order valence-corrected chi connectivity index (χ0v) is 16.5. The maximum absolute atomic E-state index is 13.1. The SMILES string of the molecule is CSc1cccc(CN(C(C)C)S(=O)(=O)N2CCCC(C(=O)O)C2)c1. The molecule has 2 rings (SSSR count). The standard InChI is InChI=1S/C17H26N2O4S2/c1-13(2)19(11-14-6-4-8-16(10-14)24-3)25(22,23)18-9-5-7-15(12-18)17(20)21/h4,6,8,10,13,15H,5,7,9,11-12H2,1-3H3,(H,20,21). The summed E-state index contributed by atoms with van der Waals surface area (Å²) in [5.41, 5.74) is 0.927. The highest BCUT2D eigenvalue weighted by molar-refractivity contribution is 7.98. The summed E-state index contributed by atoms with van der Waals surface area (Å²) >= 11 is 1.61. The number of thioether (sulfide) groups is 1. The highest BCUT2D eigenvalue weighted by Gasteiger charge is 2.36. The van der Waals surface area contributed by atoms with Gasteiger partial charge in [-0.1, -0.05) is 12.1 Å². The van der Waals surface area contributed by atoms with Crippen LogP contribution in [0.1, 0.15) is 32.3 Å². The van der Waals surface area contributed by atoms with Crippen LogP contribution in [0.25, 0.3) is 0 Å². The Kier molecular flexibility index (Phi) is 6.90. The maximum Gasteiger partial charge on any atom is 0.307 e. The van der Waals surface area contributed by atoms with Crippen molar-refractivity contribution in [3.8, 4) is 0 Å². The van der Waals surface area contributed by atoms with E-state index in [9.17, 15) is 18.3 Å². The van der Waals surface area contributed by atoms with Gasteiger partial charge in [0.25, 0.3) is 10.2 Å². The molecule has 1 aromatic rings. The normalized spacial score (nSPS) is 19.5. The summed E-state index contributed by atoms with van der Waals surface area (Å²) in [6.07, 6.45) is 3.08. The molecule has 1 heterocycles. The van der Waals surface area contributed by atoms with E-state index in [0.717, 1.165) is 10.5 Å². The van der Waals surface area contributed by atoms with Gasteiger partial charge in [-0.25, -0.2) is 0 Å². The fourth-order valence-electron chi connectivity index (χ4n) is 2.98. The second-order valence-electron chi connectivity index (χ2n) is 6.53. The number of hydrogen-bond acceptors (Lipinski definition) is 4. The Bertz CT molecular complexity index is 706. The predicted molar refractivity (Wildman–Crippen MR) is 99.8 cm³/mol. The Morgan fingerprint density at radius 1 is 1.44 bits per heavy atom. The summed E-state index contributed by atoms with van der Waals surface area (Å²) in [6.45, 7) is 4.39. The van der Waals surface area contributed by atoms with Gasteiger partial charge in [0.2, 0.25) is 0 Å². The van der Waals surface area contributed by atoms with Gasteiger partial charge >= 0.3 is 5.97 Å². The second-order valence-corrected chi connectivity index (χ2v) is 9.29. The van der Waals surface area contributed by atoms with E-state index in [1.807, 2.05) is 44.4 Å². The second kappa shape index (κ2) is 8.53. The fourth-order valence-corrected chi connectivity index (χ4v) is 5.34. The minimum absolute atomic E-state index is 0.0474. The minimum Gasteiger partial charge on any atom is -0.481 e. The lowest BCUT2D eigenvalue weighted by atomic mass is 10.0. The van der Waals surface area contributed by atoms with E-state index in [2.05, 4.69) is 0 Å². The van der Waals surface area contributed by atoms with Crippen LogP contribution in [0, 0.1) is 5.92 Å². The first-order chi connectivity index (χ1) is 11.8. The van der Waals surface area contributed by atoms with Gasteiger partial charge in [0.15, 0.2) is 0 Å². The average molecular weight is 387 g/mol. The van der Waals surface area contributed by atoms with Crippen molar-refractivity contribution in [1.82, 2.24) is 8.61 Å². The summed E-state index contributed by atoms with van der Waals surface area (Å²) in [6, 6.07) is 7.61. The van der Waals surface area contributed by atoms with Crippen molar-refractivity contribution in [3.05, 3.63) is 29.8 Å². The minimum atomic E-state index is -3.71. The first-order valence-electron chi connectivity index (χ1n) is 8.38. The number of nitrogens with zero attached hydrogens (tertiary/aromatic N) is 2. The number of rotatable bonds is 7. The maximum atomic E-state index is 13.1. The third-order valence-electron chi connectivity index (χ3n) is 4.40. The van der Waals surface area contributed by atoms with E-state index in [-0.39, 0.29) is 19.1 Å². The zero-order valence-electron chi connectivity index (χ0n) is 14.9. The van der Waals surface area contributed by atoms with Crippen LogP contribution in [0.3, 0.4) is 0 Å². The number of carboxylic acids is 1. The van der Waals surface area contributed by atoms with Crippen LogP contribution in [-0.4, -0.2) is 53.5 Å².